The summed E-state index contributed by atoms with van der Waals surface area (Å²) in [5.41, 5.74) is 3.23. The van der Waals surface area contributed by atoms with Crippen LogP contribution in [0.2, 0.25) is 0 Å². The number of aryl methyl sites for hydroxylation is 1. The Kier molecular flexibility index (Phi) is 7.68. The molecule has 0 radical (unpaired) electrons. The highest BCUT2D eigenvalue weighted by Gasteiger charge is 2.24. The van der Waals surface area contributed by atoms with E-state index in [0.29, 0.717) is 6.04 Å². The van der Waals surface area contributed by atoms with E-state index in [9.17, 15) is 0 Å². The van der Waals surface area contributed by atoms with Gasteiger partial charge in [0.2, 0.25) is 0 Å². The summed E-state index contributed by atoms with van der Waals surface area (Å²) in [6.07, 6.45) is 7.47. The van der Waals surface area contributed by atoms with Crippen LogP contribution >= 0.6 is 24.8 Å². The summed E-state index contributed by atoms with van der Waals surface area (Å²) in [5.74, 6) is 0. The maximum Gasteiger partial charge on any atom is 0.0727 e. The molecule has 2 aromatic rings. The van der Waals surface area contributed by atoms with Crippen molar-refractivity contribution in [2.24, 2.45) is 0 Å². The first-order chi connectivity index (χ1) is 9.83. The van der Waals surface area contributed by atoms with E-state index in [1.165, 1.54) is 5.56 Å². The molecule has 120 valence electrons. The van der Waals surface area contributed by atoms with E-state index in [1.807, 2.05) is 37.8 Å². The van der Waals surface area contributed by atoms with E-state index in [-0.39, 0.29) is 24.8 Å². The lowest BCUT2D eigenvalue weighted by Crippen LogP contribution is -2.45. The summed E-state index contributed by atoms with van der Waals surface area (Å²) in [7, 11) is 0. The van der Waals surface area contributed by atoms with Crippen molar-refractivity contribution in [2.45, 2.75) is 19.5 Å². The fourth-order valence-electron chi connectivity index (χ4n) is 2.55. The maximum atomic E-state index is 4.46. The van der Waals surface area contributed by atoms with Gasteiger partial charge in [-0.3, -0.25) is 19.9 Å². The first-order valence-electron chi connectivity index (χ1n) is 6.95. The summed E-state index contributed by atoms with van der Waals surface area (Å²) < 4.78 is 0. The van der Waals surface area contributed by atoms with E-state index >= 15 is 0 Å². The number of aromatic nitrogens is 3. The van der Waals surface area contributed by atoms with Gasteiger partial charge in [-0.15, -0.1) is 24.8 Å². The molecule has 0 saturated carbocycles. The van der Waals surface area contributed by atoms with Crippen molar-refractivity contribution in [3.8, 4) is 0 Å². The topological polar surface area (TPSA) is 53.9 Å². The van der Waals surface area contributed by atoms with E-state index in [2.05, 4.69) is 31.2 Å². The van der Waals surface area contributed by atoms with Crippen LogP contribution in [0.3, 0.4) is 0 Å². The molecule has 0 spiro atoms. The number of hydrogen-bond donors (Lipinski definition) is 1. The number of rotatable bonds is 3. The lowest BCUT2D eigenvalue weighted by Gasteiger charge is -2.36. The second-order valence-electron chi connectivity index (χ2n) is 5.13. The predicted octanol–water partition coefficient (Wildman–Crippen LogP) is 2.17. The number of hydrogen-bond acceptors (Lipinski definition) is 5. The van der Waals surface area contributed by atoms with Crippen LogP contribution in [-0.4, -0.2) is 39.5 Å². The molecule has 1 aliphatic rings. The van der Waals surface area contributed by atoms with Crippen molar-refractivity contribution in [3.05, 3.63) is 53.9 Å². The van der Waals surface area contributed by atoms with Gasteiger partial charge in [0, 0.05) is 57.0 Å². The lowest BCUT2D eigenvalue weighted by molar-refractivity contribution is 0.151. The Hall–Kier alpha value is -1.27. The van der Waals surface area contributed by atoms with Crippen LogP contribution in [-0.2, 0) is 6.54 Å². The highest BCUT2D eigenvalue weighted by atomic mass is 35.5. The van der Waals surface area contributed by atoms with Gasteiger partial charge in [0.05, 0.1) is 11.4 Å². The van der Waals surface area contributed by atoms with Crippen LogP contribution in [0, 0.1) is 6.92 Å². The van der Waals surface area contributed by atoms with Gasteiger partial charge in [-0.2, -0.15) is 0 Å². The van der Waals surface area contributed by atoms with Gasteiger partial charge < -0.3 is 5.32 Å². The fourth-order valence-corrected chi connectivity index (χ4v) is 2.55. The molecule has 0 bridgehead atoms. The standard InChI is InChI=1S/C15H19N5.2ClH/c1-12-7-19-14(9-18-12)11-20-6-5-17-10-15(20)13-3-2-4-16-8-13;;/h2-4,7-9,15,17H,5-6,10-11H2,1H3;2*1H. The van der Waals surface area contributed by atoms with Crippen molar-refractivity contribution in [2.75, 3.05) is 19.6 Å². The second-order valence-corrected chi connectivity index (χ2v) is 5.13. The van der Waals surface area contributed by atoms with Gasteiger partial charge in [-0.1, -0.05) is 6.07 Å². The molecule has 3 heterocycles. The zero-order chi connectivity index (χ0) is 13.8. The fraction of sp³-hybridized carbons (Fsp3) is 0.400. The number of piperazine rings is 1. The molecule has 1 N–H and O–H groups in total. The van der Waals surface area contributed by atoms with E-state index in [4.69, 9.17) is 0 Å². The molecule has 22 heavy (non-hydrogen) atoms. The molecule has 1 atom stereocenters. The first kappa shape index (κ1) is 18.8. The van der Waals surface area contributed by atoms with Gasteiger partial charge in [-0.05, 0) is 18.6 Å². The molecule has 1 aliphatic heterocycles. The Labute approximate surface area is 143 Å². The third kappa shape index (κ3) is 4.61. The minimum absolute atomic E-state index is 0. The van der Waals surface area contributed by atoms with Gasteiger partial charge in [-0.25, -0.2) is 0 Å². The predicted molar refractivity (Wildman–Crippen MR) is 91.5 cm³/mol. The molecule has 7 heteroatoms. The van der Waals surface area contributed by atoms with E-state index < -0.39 is 0 Å². The van der Waals surface area contributed by atoms with Crippen LogP contribution in [0.1, 0.15) is 23.0 Å². The summed E-state index contributed by atoms with van der Waals surface area (Å²) in [6, 6.07) is 4.48. The van der Waals surface area contributed by atoms with Crippen LogP contribution in [0.5, 0.6) is 0 Å². The SMILES string of the molecule is Cc1cnc(CN2CCNCC2c2cccnc2)cn1.Cl.Cl. The molecule has 5 nitrogen and oxygen atoms in total. The molecule has 1 saturated heterocycles. The average Bonchev–Trinajstić information content (AvgIpc) is 2.51. The Morgan fingerprint density at radius 2 is 2.09 bits per heavy atom. The summed E-state index contributed by atoms with van der Waals surface area (Å²) in [6.45, 7) is 5.75. The quantitative estimate of drug-likeness (QED) is 0.927. The second kappa shape index (κ2) is 9.00. The minimum Gasteiger partial charge on any atom is -0.314 e. The van der Waals surface area contributed by atoms with Crippen LogP contribution < -0.4 is 5.32 Å². The highest BCUT2D eigenvalue weighted by molar-refractivity contribution is 5.85. The molecule has 1 fully saturated rings. The number of nitrogens with one attached hydrogen (secondary N) is 1. The molecule has 2 aromatic heterocycles. The Balaban J connectivity index is 0.00000121. The number of pyridine rings is 1. The minimum atomic E-state index is 0. The third-order valence-corrected chi connectivity index (χ3v) is 3.62. The third-order valence-electron chi connectivity index (χ3n) is 3.62. The summed E-state index contributed by atoms with van der Waals surface area (Å²) >= 11 is 0. The highest BCUT2D eigenvalue weighted by Crippen LogP contribution is 2.22. The normalized spacial score (nSPS) is 18.1. The molecule has 0 amide bonds. The average molecular weight is 342 g/mol. The molecule has 1 unspecified atom stereocenters. The van der Waals surface area contributed by atoms with Crippen molar-refractivity contribution in [3.63, 3.8) is 0 Å². The Bertz CT molecular complexity index is 550. The van der Waals surface area contributed by atoms with E-state index in [1.54, 1.807) is 0 Å². The smallest absolute Gasteiger partial charge is 0.0727 e. The van der Waals surface area contributed by atoms with Crippen LogP contribution in [0.4, 0.5) is 0 Å². The van der Waals surface area contributed by atoms with Gasteiger partial charge in [0.1, 0.15) is 0 Å². The molecule has 0 aromatic carbocycles. The zero-order valence-electron chi connectivity index (χ0n) is 12.5. The molecular formula is C15H21Cl2N5. The zero-order valence-corrected chi connectivity index (χ0v) is 14.1. The monoisotopic (exact) mass is 341 g/mol. The summed E-state index contributed by atoms with van der Waals surface area (Å²) in [4.78, 5) is 15.5. The van der Waals surface area contributed by atoms with Crippen molar-refractivity contribution in [1.82, 2.24) is 25.2 Å². The number of nitrogens with zero attached hydrogens (tertiary/aromatic N) is 4. The van der Waals surface area contributed by atoms with Crippen molar-refractivity contribution < 1.29 is 0 Å². The maximum absolute atomic E-state index is 4.46. The summed E-state index contributed by atoms with van der Waals surface area (Å²) in [5, 5.41) is 3.45. The van der Waals surface area contributed by atoms with Crippen molar-refractivity contribution >= 4 is 24.8 Å². The Morgan fingerprint density at radius 3 is 2.77 bits per heavy atom. The van der Waals surface area contributed by atoms with Crippen molar-refractivity contribution in [1.29, 1.82) is 0 Å². The Morgan fingerprint density at radius 1 is 1.23 bits per heavy atom. The molecule has 3 rings (SSSR count). The lowest BCUT2D eigenvalue weighted by atomic mass is 10.1. The first-order valence-corrected chi connectivity index (χ1v) is 6.95. The van der Waals surface area contributed by atoms with E-state index in [0.717, 1.165) is 37.6 Å². The largest absolute Gasteiger partial charge is 0.314 e. The van der Waals surface area contributed by atoms with Crippen LogP contribution in [0.15, 0.2) is 36.9 Å². The molecule has 0 aliphatic carbocycles. The molecular weight excluding hydrogens is 321 g/mol. The van der Waals surface area contributed by atoms with Gasteiger partial charge in [0.15, 0.2) is 0 Å². The van der Waals surface area contributed by atoms with Gasteiger partial charge >= 0.3 is 0 Å². The van der Waals surface area contributed by atoms with Crippen LogP contribution in [0.25, 0.3) is 0 Å². The number of halogens is 2. The van der Waals surface area contributed by atoms with Gasteiger partial charge in [0.25, 0.3) is 0 Å².